The average Bonchev–Trinajstić information content (AvgIpc) is 3.22. The Bertz CT molecular complexity index is 1190. The quantitative estimate of drug-likeness (QED) is 0.253. The van der Waals surface area contributed by atoms with Crippen LogP contribution in [0.15, 0.2) is 36.4 Å². The van der Waals surface area contributed by atoms with Gasteiger partial charge in [-0.1, -0.05) is 26.0 Å². The van der Waals surface area contributed by atoms with E-state index >= 15 is 0 Å². The first-order valence-electron chi connectivity index (χ1n) is 10.3. The number of carbonyl (C=O) groups is 2. The number of nitrogens with two attached hydrogens (primary N) is 1. The second kappa shape index (κ2) is 10.3. The number of nitrogens with zero attached hydrogens (tertiary/aromatic N) is 2. The second-order valence-electron chi connectivity index (χ2n) is 7.85. The van der Waals surface area contributed by atoms with Gasteiger partial charge in [0.15, 0.2) is 6.29 Å². The highest BCUT2D eigenvalue weighted by molar-refractivity contribution is 7.17. The Labute approximate surface area is 193 Å². The van der Waals surface area contributed by atoms with Crippen molar-refractivity contribution in [1.82, 2.24) is 4.98 Å². The van der Waals surface area contributed by atoms with Gasteiger partial charge in [-0.05, 0) is 48.6 Å². The molecule has 3 aromatic rings. The van der Waals surface area contributed by atoms with E-state index in [0.717, 1.165) is 16.9 Å². The van der Waals surface area contributed by atoms with Gasteiger partial charge < -0.3 is 11.1 Å². The average molecular weight is 471 g/mol. The summed E-state index contributed by atoms with van der Waals surface area (Å²) in [4.78, 5) is 40.3. The lowest BCUT2D eigenvalue weighted by molar-refractivity contribution is -0.383. The number of anilines is 1. The van der Waals surface area contributed by atoms with Crippen molar-refractivity contribution in [1.29, 1.82) is 0 Å². The molecule has 8 nitrogen and oxygen atoms in total. The Morgan fingerprint density at radius 2 is 1.97 bits per heavy atom. The van der Waals surface area contributed by atoms with Crippen molar-refractivity contribution in [3.05, 3.63) is 74.0 Å². The predicted octanol–water partition coefficient (Wildman–Crippen LogP) is 4.62. The largest absolute Gasteiger partial charge is 0.366 e. The number of nitro groups is 1. The third-order valence-corrected chi connectivity index (χ3v) is 5.91. The molecule has 3 rings (SSSR count). The number of primary amides is 1. The molecular weight excluding hydrogens is 447 g/mol. The zero-order valence-electron chi connectivity index (χ0n) is 18.1. The highest BCUT2D eigenvalue weighted by Crippen LogP contribution is 2.42. The lowest BCUT2D eigenvalue weighted by Crippen LogP contribution is -2.20. The van der Waals surface area contributed by atoms with Crippen LogP contribution in [0.3, 0.4) is 0 Å². The van der Waals surface area contributed by atoms with Crippen LogP contribution < -0.4 is 11.1 Å². The monoisotopic (exact) mass is 470 g/mol. The van der Waals surface area contributed by atoms with E-state index in [1.165, 1.54) is 18.2 Å². The molecule has 0 bridgehead atoms. The maximum Gasteiger partial charge on any atom is 0.320 e. The number of benzene rings is 1. The molecule has 2 aromatic heterocycles. The van der Waals surface area contributed by atoms with Gasteiger partial charge in [-0.2, -0.15) is 0 Å². The molecule has 0 aliphatic heterocycles. The molecule has 0 saturated heterocycles. The molecular formula is C23H23FN4O4S. The van der Waals surface area contributed by atoms with Crippen molar-refractivity contribution >= 4 is 35.0 Å². The van der Waals surface area contributed by atoms with Crippen LogP contribution in [0.2, 0.25) is 0 Å². The van der Waals surface area contributed by atoms with Gasteiger partial charge in [-0.3, -0.25) is 19.7 Å². The molecule has 0 unspecified atom stereocenters. The number of pyridine rings is 1. The number of amides is 1. The molecule has 0 radical (unpaired) electrons. The molecule has 0 fully saturated rings. The van der Waals surface area contributed by atoms with E-state index in [4.69, 9.17) is 5.73 Å². The Kier molecular flexibility index (Phi) is 7.49. The van der Waals surface area contributed by atoms with Crippen LogP contribution >= 0.6 is 11.3 Å². The van der Waals surface area contributed by atoms with Crippen LogP contribution in [0.25, 0.3) is 10.4 Å². The summed E-state index contributed by atoms with van der Waals surface area (Å²) in [5.74, 6) is -1.06. The molecule has 1 aromatic carbocycles. The molecule has 3 N–H and O–H groups in total. The first kappa shape index (κ1) is 24.0. The van der Waals surface area contributed by atoms with Crippen molar-refractivity contribution in [3.63, 3.8) is 0 Å². The third-order valence-electron chi connectivity index (χ3n) is 4.89. The van der Waals surface area contributed by atoms with Crippen LogP contribution in [0.5, 0.6) is 0 Å². The Morgan fingerprint density at radius 3 is 2.52 bits per heavy atom. The topological polar surface area (TPSA) is 128 Å². The van der Waals surface area contributed by atoms with Crippen molar-refractivity contribution in [3.8, 4) is 10.4 Å². The van der Waals surface area contributed by atoms with Crippen LogP contribution in [-0.4, -0.2) is 28.6 Å². The summed E-state index contributed by atoms with van der Waals surface area (Å²) in [6.07, 6.45) is 1.49. The van der Waals surface area contributed by atoms with Crippen molar-refractivity contribution in [2.75, 3.05) is 11.9 Å². The zero-order valence-corrected chi connectivity index (χ0v) is 18.9. The fourth-order valence-electron chi connectivity index (χ4n) is 3.49. The summed E-state index contributed by atoms with van der Waals surface area (Å²) in [7, 11) is 0. The molecule has 10 heteroatoms. The molecule has 0 aliphatic carbocycles. The summed E-state index contributed by atoms with van der Waals surface area (Å²) in [6.45, 7) is 4.16. The zero-order chi connectivity index (χ0) is 24.1. The Hall–Kier alpha value is -3.66. The minimum atomic E-state index is -0.824. The standard InChI is InChI=1S/C23H23FN4O4S/c1-13(2)11-17-19(22(25)30)20(18-8-7-16(12-29)33-18)21(28(31)32)23(27-17)26-10-9-14-3-5-15(24)6-4-14/h3-8,12-13H,9-11H2,1-2H3,(H2,25,30)(H,26,27). The number of rotatable bonds is 10. The van der Waals surface area contributed by atoms with E-state index < -0.39 is 10.8 Å². The number of carbonyl (C=O) groups excluding carboxylic acids is 2. The Morgan fingerprint density at radius 1 is 1.27 bits per heavy atom. The first-order valence-corrected chi connectivity index (χ1v) is 11.1. The van der Waals surface area contributed by atoms with Gasteiger partial charge >= 0.3 is 5.69 Å². The van der Waals surface area contributed by atoms with Crippen molar-refractivity contribution in [2.45, 2.75) is 26.7 Å². The van der Waals surface area contributed by atoms with Crippen LogP contribution in [0.4, 0.5) is 15.9 Å². The number of halogens is 1. The molecule has 33 heavy (non-hydrogen) atoms. The van der Waals surface area contributed by atoms with Crippen molar-refractivity contribution in [2.24, 2.45) is 11.7 Å². The molecule has 0 spiro atoms. The summed E-state index contributed by atoms with van der Waals surface area (Å²) in [5.41, 5.74) is 6.51. The minimum absolute atomic E-state index is 0.0128. The summed E-state index contributed by atoms with van der Waals surface area (Å²) in [6, 6.07) is 9.06. The fourth-order valence-corrected chi connectivity index (χ4v) is 4.37. The maximum absolute atomic E-state index is 13.1. The Balaban J connectivity index is 2.13. The van der Waals surface area contributed by atoms with Gasteiger partial charge in [0, 0.05) is 11.4 Å². The SMILES string of the molecule is CC(C)Cc1nc(NCCc2ccc(F)cc2)c([N+](=O)[O-])c(-c2ccc(C=O)s2)c1C(N)=O. The van der Waals surface area contributed by atoms with Crippen LogP contribution in [-0.2, 0) is 12.8 Å². The fraction of sp³-hybridized carbons (Fsp3) is 0.261. The van der Waals surface area contributed by atoms with E-state index in [1.54, 1.807) is 18.2 Å². The number of thiophene rings is 1. The molecule has 0 aliphatic rings. The number of aromatic nitrogens is 1. The lowest BCUT2D eigenvalue weighted by atomic mass is 9.96. The van der Waals surface area contributed by atoms with E-state index in [-0.39, 0.29) is 34.4 Å². The van der Waals surface area contributed by atoms with Gasteiger partial charge in [0.2, 0.25) is 5.82 Å². The first-order chi connectivity index (χ1) is 15.7. The van der Waals surface area contributed by atoms with Gasteiger partial charge in [0.05, 0.1) is 26.6 Å². The van der Waals surface area contributed by atoms with Crippen LogP contribution in [0.1, 0.15) is 45.1 Å². The van der Waals surface area contributed by atoms with Gasteiger partial charge in [-0.15, -0.1) is 11.3 Å². The van der Waals surface area contributed by atoms with E-state index in [2.05, 4.69) is 10.3 Å². The highest BCUT2D eigenvalue weighted by Gasteiger charge is 2.32. The summed E-state index contributed by atoms with van der Waals surface area (Å²) >= 11 is 1.04. The summed E-state index contributed by atoms with van der Waals surface area (Å²) in [5, 5.41) is 15.1. The molecule has 1 amide bonds. The molecule has 2 heterocycles. The van der Waals surface area contributed by atoms with Gasteiger partial charge in [-0.25, -0.2) is 9.37 Å². The highest BCUT2D eigenvalue weighted by atomic mass is 32.1. The number of hydrogen-bond acceptors (Lipinski definition) is 7. The number of hydrogen-bond donors (Lipinski definition) is 2. The maximum atomic E-state index is 13.1. The number of aldehydes is 1. The van der Waals surface area contributed by atoms with Crippen LogP contribution in [0, 0.1) is 21.8 Å². The number of nitrogens with one attached hydrogen (secondary N) is 1. The lowest BCUT2D eigenvalue weighted by Gasteiger charge is -2.16. The van der Waals surface area contributed by atoms with E-state index in [1.807, 2.05) is 13.8 Å². The second-order valence-corrected chi connectivity index (χ2v) is 8.96. The van der Waals surface area contributed by atoms with E-state index in [9.17, 15) is 24.1 Å². The third kappa shape index (κ3) is 5.58. The molecule has 0 saturated carbocycles. The normalized spacial score (nSPS) is 10.9. The minimum Gasteiger partial charge on any atom is -0.366 e. The molecule has 0 atom stereocenters. The molecule has 172 valence electrons. The summed E-state index contributed by atoms with van der Waals surface area (Å²) < 4.78 is 13.1. The van der Waals surface area contributed by atoms with E-state index in [0.29, 0.717) is 41.1 Å². The smallest absolute Gasteiger partial charge is 0.320 e. The van der Waals surface area contributed by atoms with Crippen molar-refractivity contribution < 1.29 is 18.9 Å². The van der Waals surface area contributed by atoms with Gasteiger partial charge in [0.25, 0.3) is 5.91 Å². The van der Waals surface area contributed by atoms with Gasteiger partial charge in [0.1, 0.15) is 5.82 Å². The predicted molar refractivity (Wildman–Crippen MR) is 125 cm³/mol.